The molecular formula is C17H26O5. The van der Waals surface area contributed by atoms with E-state index in [0.29, 0.717) is 25.2 Å². The van der Waals surface area contributed by atoms with Crippen LogP contribution in [0.15, 0.2) is 6.07 Å². The molecule has 0 aliphatic rings. The zero-order valence-electron chi connectivity index (χ0n) is 13.6. The highest BCUT2D eigenvalue weighted by Gasteiger charge is 2.20. The monoisotopic (exact) mass is 310 g/mol. The number of aryl methyl sites for hydroxylation is 1. The second-order valence-electron chi connectivity index (χ2n) is 5.17. The first kappa shape index (κ1) is 18.1. The SMILES string of the molecule is CCCCCCOc1c(O)c(OC(=O)O)cc(CC)c1CC. The lowest BCUT2D eigenvalue weighted by Gasteiger charge is -2.17. The standard InChI is InChI=1S/C17H26O5/c1-4-7-8-9-10-21-16-13(6-3)12(5-2)11-14(15(16)18)22-17(19)20/h11,18H,4-10H2,1-3H3,(H,19,20). The van der Waals surface area contributed by atoms with Gasteiger partial charge in [0.15, 0.2) is 11.5 Å². The third-order valence-corrected chi connectivity index (χ3v) is 3.59. The highest BCUT2D eigenvalue weighted by Crippen LogP contribution is 2.42. The molecule has 0 bridgehead atoms. The van der Waals surface area contributed by atoms with Gasteiger partial charge in [-0.2, -0.15) is 0 Å². The minimum atomic E-state index is -1.45. The van der Waals surface area contributed by atoms with Crippen LogP contribution < -0.4 is 9.47 Å². The molecule has 0 aliphatic heterocycles. The topological polar surface area (TPSA) is 76.0 Å². The number of rotatable bonds is 9. The van der Waals surface area contributed by atoms with Crippen molar-refractivity contribution in [1.29, 1.82) is 0 Å². The summed E-state index contributed by atoms with van der Waals surface area (Å²) in [5.41, 5.74) is 1.84. The number of hydrogen-bond acceptors (Lipinski definition) is 4. The van der Waals surface area contributed by atoms with Crippen molar-refractivity contribution in [2.45, 2.75) is 59.3 Å². The first-order valence-electron chi connectivity index (χ1n) is 7.96. The lowest BCUT2D eigenvalue weighted by Crippen LogP contribution is -2.07. The summed E-state index contributed by atoms with van der Waals surface area (Å²) in [6, 6.07) is 1.58. The molecule has 0 atom stereocenters. The van der Waals surface area contributed by atoms with Gasteiger partial charge in [-0.15, -0.1) is 0 Å². The van der Waals surface area contributed by atoms with E-state index < -0.39 is 6.16 Å². The number of phenols is 1. The van der Waals surface area contributed by atoms with Gasteiger partial charge in [0.2, 0.25) is 5.75 Å². The molecule has 124 valence electrons. The van der Waals surface area contributed by atoms with E-state index in [1.807, 2.05) is 13.8 Å². The summed E-state index contributed by atoms with van der Waals surface area (Å²) in [5, 5.41) is 19.0. The van der Waals surface area contributed by atoms with Gasteiger partial charge in [-0.05, 0) is 30.9 Å². The van der Waals surface area contributed by atoms with Gasteiger partial charge >= 0.3 is 6.16 Å². The van der Waals surface area contributed by atoms with E-state index in [9.17, 15) is 9.90 Å². The highest BCUT2D eigenvalue weighted by molar-refractivity contribution is 5.66. The predicted molar refractivity (Wildman–Crippen MR) is 85.2 cm³/mol. The molecule has 0 saturated heterocycles. The molecule has 5 heteroatoms. The molecular weight excluding hydrogens is 284 g/mol. The average molecular weight is 310 g/mol. The molecule has 0 spiro atoms. The van der Waals surface area contributed by atoms with Crippen molar-refractivity contribution in [3.63, 3.8) is 0 Å². The molecule has 1 rings (SSSR count). The van der Waals surface area contributed by atoms with E-state index in [4.69, 9.17) is 9.84 Å². The maximum atomic E-state index is 10.7. The van der Waals surface area contributed by atoms with E-state index in [0.717, 1.165) is 36.8 Å². The Bertz CT molecular complexity index is 496. The Kier molecular flexibility index (Phi) is 7.57. The van der Waals surface area contributed by atoms with Crippen molar-refractivity contribution in [2.24, 2.45) is 0 Å². The Morgan fingerprint density at radius 1 is 1.14 bits per heavy atom. The number of phenolic OH excluding ortho intramolecular Hbond substituents is 1. The van der Waals surface area contributed by atoms with E-state index in [1.165, 1.54) is 0 Å². The Labute approximate surface area is 131 Å². The van der Waals surface area contributed by atoms with Gasteiger partial charge in [-0.3, -0.25) is 0 Å². The van der Waals surface area contributed by atoms with Gasteiger partial charge in [0.05, 0.1) is 6.61 Å². The highest BCUT2D eigenvalue weighted by atomic mass is 16.7. The van der Waals surface area contributed by atoms with Crippen LogP contribution in [0.25, 0.3) is 0 Å². The molecule has 0 heterocycles. The molecule has 0 amide bonds. The number of unbranched alkanes of at least 4 members (excludes halogenated alkanes) is 3. The predicted octanol–water partition coefficient (Wildman–Crippen LogP) is 4.53. The summed E-state index contributed by atoms with van der Waals surface area (Å²) in [6.45, 7) is 6.60. The summed E-state index contributed by atoms with van der Waals surface area (Å²) in [4.78, 5) is 10.7. The largest absolute Gasteiger partial charge is 0.511 e. The van der Waals surface area contributed by atoms with Crippen molar-refractivity contribution in [1.82, 2.24) is 0 Å². The lowest BCUT2D eigenvalue weighted by atomic mass is 10.0. The number of carboxylic acid groups (broad SMARTS) is 1. The molecule has 0 saturated carbocycles. The quantitative estimate of drug-likeness (QED) is 0.398. The van der Waals surface area contributed by atoms with Crippen molar-refractivity contribution in [3.8, 4) is 17.2 Å². The van der Waals surface area contributed by atoms with Crippen LogP contribution in [0.2, 0.25) is 0 Å². The number of hydrogen-bond donors (Lipinski definition) is 2. The lowest BCUT2D eigenvalue weighted by molar-refractivity contribution is 0.142. The molecule has 5 nitrogen and oxygen atoms in total. The molecule has 0 radical (unpaired) electrons. The zero-order valence-corrected chi connectivity index (χ0v) is 13.6. The van der Waals surface area contributed by atoms with Crippen molar-refractivity contribution in [2.75, 3.05) is 6.61 Å². The average Bonchev–Trinajstić information content (AvgIpc) is 2.49. The fraction of sp³-hybridized carbons (Fsp3) is 0.588. The number of ether oxygens (including phenoxy) is 2. The van der Waals surface area contributed by atoms with Crippen LogP contribution in [-0.2, 0) is 12.8 Å². The van der Waals surface area contributed by atoms with Crippen LogP contribution in [-0.4, -0.2) is 23.0 Å². The van der Waals surface area contributed by atoms with Crippen LogP contribution >= 0.6 is 0 Å². The van der Waals surface area contributed by atoms with Gasteiger partial charge < -0.3 is 19.7 Å². The Balaban J connectivity index is 3.01. The van der Waals surface area contributed by atoms with Crippen molar-refractivity contribution < 1.29 is 24.5 Å². The Morgan fingerprint density at radius 2 is 1.86 bits per heavy atom. The molecule has 0 fully saturated rings. The van der Waals surface area contributed by atoms with Gasteiger partial charge in [0.1, 0.15) is 0 Å². The molecule has 1 aromatic carbocycles. The smallest absolute Gasteiger partial charge is 0.502 e. The van der Waals surface area contributed by atoms with Gasteiger partial charge in [0, 0.05) is 5.56 Å². The zero-order chi connectivity index (χ0) is 16.5. The van der Waals surface area contributed by atoms with E-state index >= 15 is 0 Å². The van der Waals surface area contributed by atoms with Crippen LogP contribution in [0.1, 0.15) is 57.6 Å². The summed E-state index contributed by atoms with van der Waals surface area (Å²) < 4.78 is 10.4. The van der Waals surface area contributed by atoms with Crippen LogP contribution in [0.4, 0.5) is 4.79 Å². The minimum absolute atomic E-state index is 0.0647. The molecule has 0 aliphatic carbocycles. The maximum Gasteiger partial charge on any atom is 0.511 e. The molecule has 2 N–H and O–H groups in total. The van der Waals surface area contributed by atoms with Gasteiger partial charge in [-0.1, -0.05) is 40.0 Å². The summed E-state index contributed by atoms with van der Waals surface area (Å²) in [7, 11) is 0. The fourth-order valence-corrected chi connectivity index (χ4v) is 2.45. The summed E-state index contributed by atoms with van der Waals surface area (Å²) in [6.07, 6.45) is 4.24. The molecule has 22 heavy (non-hydrogen) atoms. The third-order valence-electron chi connectivity index (χ3n) is 3.59. The van der Waals surface area contributed by atoms with Gasteiger partial charge in [-0.25, -0.2) is 4.79 Å². The summed E-state index contributed by atoms with van der Waals surface area (Å²) >= 11 is 0. The maximum absolute atomic E-state index is 10.7. The molecule has 0 unspecified atom stereocenters. The number of aromatic hydroxyl groups is 1. The van der Waals surface area contributed by atoms with Crippen LogP contribution in [0, 0.1) is 0 Å². The van der Waals surface area contributed by atoms with Crippen LogP contribution in [0.3, 0.4) is 0 Å². The Morgan fingerprint density at radius 3 is 2.41 bits per heavy atom. The number of benzene rings is 1. The second kappa shape index (κ2) is 9.18. The third kappa shape index (κ3) is 4.83. The minimum Gasteiger partial charge on any atom is -0.502 e. The first-order chi connectivity index (χ1) is 10.5. The Hall–Kier alpha value is -1.91. The van der Waals surface area contributed by atoms with E-state index in [1.54, 1.807) is 6.07 Å². The normalized spacial score (nSPS) is 10.5. The fourth-order valence-electron chi connectivity index (χ4n) is 2.45. The van der Waals surface area contributed by atoms with Crippen molar-refractivity contribution in [3.05, 3.63) is 17.2 Å². The molecule has 0 aromatic heterocycles. The first-order valence-corrected chi connectivity index (χ1v) is 7.96. The second-order valence-corrected chi connectivity index (χ2v) is 5.17. The van der Waals surface area contributed by atoms with Crippen molar-refractivity contribution >= 4 is 6.16 Å². The van der Waals surface area contributed by atoms with E-state index in [2.05, 4.69) is 11.7 Å². The van der Waals surface area contributed by atoms with Gasteiger partial charge in [0.25, 0.3) is 0 Å². The summed E-state index contributed by atoms with van der Waals surface area (Å²) in [5.74, 6) is 0.0617. The van der Waals surface area contributed by atoms with E-state index in [-0.39, 0.29) is 11.5 Å². The number of carbonyl (C=O) groups is 1. The molecule has 1 aromatic rings. The van der Waals surface area contributed by atoms with Crippen LogP contribution in [0.5, 0.6) is 17.2 Å².